The minimum atomic E-state index is -0.442. The van der Waals surface area contributed by atoms with Crippen LogP contribution >= 0.6 is 0 Å². The standard InChI is InChI=1S/C25H22N6O4/c1-34-20-9-5-19(6-10-20)30-15-17(13-24(30)32)25(33)29-18-3-7-21(8-4-18)35-23-14-22(26-16-27-23)31-12-2-11-28-31/h2-12,14,16-17H,13,15H2,1H3,(H,29,33). The number of anilines is 2. The summed E-state index contributed by atoms with van der Waals surface area (Å²) >= 11 is 0. The Morgan fingerprint density at radius 3 is 2.54 bits per heavy atom. The minimum Gasteiger partial charge on any atom is -0.497 e. The maximum Gasteiger partial charge on any atom is 0.229 e. The summed E-state index contributed by atoms with van der Waals surface area (Å²) < 4.78 is 12.6. The van der Waals surface area contributed by atoms with Crippen LogP contribution in [0.4, 0.5) is 11.4 Å². The predicted molar refractivity (Wildman–Crippen MR) is 128 cm³/mol. The molecule has 10 nitrogen and oxygen atoms in total. The van der Waals surface area contributed by atoms with Crippen LogP contribution in [0.2, 0.25) is 0 Å². The van der Waals surface area contributed by atoms with Crippen molar-refractivity contribution in [2.75, 3.05) is 23.9 Å². The maximum absolute atomic E-state index is 12.8. The van der Waals surface area contributed by atoms with E-state index in [1.54, 1.807) is 77.6 Å². The molecule has 0 spiro atoms. The molecule has 10 heteroatoms. The maximum atomic E-state index is 12.8. The molecule has 1 aliphatic rings. The fourth-order valence-corrected chi connectivity index (χ4v) is 3.78. The first-order valence-electron chi connectivity index (χ1n) is 10.9. The second-order valence-electron chi connectivity index (χ2n) is 7.88. The van der Waals surface area contributed by atoms with Crippen molar-refractivity contribution in [3.63, 3.8) is 0 Å². The van der Waals surface area contributed by atoms with E-state index in [0.29, 0.717) is 35.4 Å². The molecule has 3 heterocycles. The van der Waals surface area contributed by atoms with Gasteiger partial charge in [-0.2, -0.15) is 5.10 Å². The summed E-state index contributed by atoms with van der Waals surface area (Å²) in [6.45, 7) is 0.324. The smallest absolute Gasteiger partial charge is 0.229 e. The van der Waals surface area contributed by atoms with Crippen molar-refractivity contribution in [1.82, 2.24) is 19.7 Å². The molecule has 1 fully saturated rings. The third-order valence-electron chi connectivity index (χ3n) is 5.59. The quantitative estimate of drug-likeness (QED) is 0.440. The Hall–Kier alpha value is -4.73. The van der Waals surface area contributed by atoms with Crippen molar-refractivity contribution < 1.29 is 19.1 Å². The molecule has 176 valence electrons. The van der Waals surface area contributed by atoms with Crippen LogP contribution in [0.5, 0.6) is 17.4 Å². The predicted octanol–water partition coefficient (Wildman–Crippen LogP) is 3.45. The molecule has 2 aromatic carbocycles. The number of aromatic nitrogens is 4. The molecule has 4 aromatic rings. The van der Waals surface area contributed by atoms with Crippen LogP contribution in [-0.2, 0) is 9.59 Å². The van der Waals surface area contributed by atoms with Gasteiger partial charge in [-0.3, -0.25) is 9.59 Å². The highest BCUT2D eigenvalue weighted by Gasteiger charge is 2.35. The molecule has 0 aliphatic carbocycles. The fourth-order valence-electron chi connectivity index (χ4n) is 3.78. The summed E-state index contributed by atoms with van der Waals surface area (Å²) in [6.07, 6.45) is 5.00. The summed E-state index contributed by atoms with van der Waals surface area (Å²) in [5.41, 5.74) is 1.35. The Kier molecular flexibility index (Phi) is 6.08. The third kappa shape index (κ3) is 4.96. The highest BCUT2D eigenvalue weighted by molar-refractivity contribution is 6.03. The van der Waals surface area contributed by atoms with Gasteiger partial charge in [0.25, 0.3) is 0 Å². The van der Waals surface area contributed by atoms with Gasteiger partial charge in [-0.15, -0.1) is 0 Å². The Bertz CT molecular complexity index is 1320. The van der Waals surface area contributed by atoms with E-state index in [2.05, 4.69) is 20.4 Å². The Morgan fingerprint density at radius 1 is 1.06 bits per heavy atom. The van der Waals surface area contributed by atoms with Gasteiger partial charge in [0.2, 0.25) is 17.7 Å². The SMILES string of the molecule is COc1ccc(N2CC(C(=O)Nc3ccc(Oc4cc(-n5cccn5)ncn4)cc3)CC2=O)cc1. The minimum absolute atomic E-state index is 0.0848. The zero-order valence-corrected chi connectivity index (χ0v) is 18.9. The molecule has 1 atom stereocenters. The second kappa shape index (κ2) is 9.64. The summed E-state index contributed by atoms with van der Waals surface area (Å²) in [4.78, 5) is 35.2. The van der Waals surface area contributed by atoms with Crippen molar-refractivity contribution in [3.05, 3.63) is 79.4 Å². The van der Waals surface area contributed by atoms with Gasteiger partial charge in [0.05, 0.1) is 13.0 Å². The molecule has 0 radical (unpaired) electrons. The number of amides is 2. The molecule has 1 unspecified atom stereocenters. The zero-order valence-electron chi connectivity index (χ0n) is 18.9. The van der Waals surface area contributed by atoms with Crippen LogP contribution < -0.4 is 19.7 Å². The number of nitrogens with zero attached hydrogens (tertiary/aromatic N) is 5. The summed E-state index contributed by atoms with van der Waals surface area (Å²) in [7, 11) is 1.59. The molecular weight excluding hydrogens is 448 g/mol. The second-order valence-corrected chi connectivity index (χ2v) is 7.88. The first-order valence-corrected chi connectivity index (χ1v) is 10.9. The van der Waals surface area contributed by atoms with E-state index >= 15 is 0 Å². The lowest BCUT2D eigenvalue weighted by Gasteiger charge is -2.17. The molecule has 2 amide bonds. The van der Waals surface area contributed by atoms with Crippen LogP contribution in [0.3, 0.4) is 0 Å². The van der Waals surface area contributed by atoms with Crippen molar-refractivity contribution in [3.8, 4) is 23.2 Å². The first kappa shape index (κ1) is 22.1. The normalized spacial score (nSPS) is 15.2. The topological polar surface area (TPSA) is 111 Å². The molecular formula is C25H22N6O4. The summed E-state index contributed by atoms with van der Waals surface area (Å²) in [6, 6.07) is 17.6. The molecule has 2 aromatic heterocycles. The first-order chi connectivity index (χ1) is 17.1. The number of carbonyl (C=O) groups is 2. The van der Waals surface area contributed by atoms with E-state index in [1.807, 2.05) is 12.1 Å². The van der Waals surface area contributed by atoms with Crippen molar-refractivity contribution >= 4 is 23.2 Å². The number of carbonyl (C=O) groups excluding carboxylic acids is 2. The van der Waals surface area contributed by atoms with Gasteiger partial charge in [0.1, 0.15) is 17.8 Å². The van der Waals surface area contributed by atoms with Gasteiger partial charge in [0, 0.05) is 42.8 Å². The van der Waals surface area contributed by atoms with Crippen LogP contribution in [0.15, 0.2) is 79.4 Å². The molecule has 1 aliphatic heterocycles. The van der Waals surface area contributed by atoms with Crippen LogP contribution in [0.1, 0.15) is 6.42 Å². The zero-order chi connectivity index (χ0) is 24.2. The van der Waals surface area contributed by atoms with E-state index in [9.17, 15) is 9.59 Å². The van der Waals surface area contributed by atoms with E-state index < -0.39 is 5.92 Å². The number of hydrogen-bond acceptors (Lipinski definition) is 7. The van der Waals surface area contributed by atoms with Gasteiger partial charge in [-0.25, -0.2) is 14.6 Å². The third-order valence-corrected chi connectivity index (χ3v) is 5.59. The summed E-state index contributed by atoms with van der Waals surface area (Å²) in [5.74, 6) is 1.47. The van der Waals surface area contributed by atoms with Gasteiger partial charge >= 0.3 is 0 Å². The number of benzene rings is 2. The molecule has 0 bridgehead atoms. The average Bonchev–Trinajstić information content (AvgIpc) is 3.56. The lowest BCUT2D eigenvalue weighted by Crippen LogP contribution is -2.28. The number of methoxy groups -OCH3 is 1. The highest BCUT2D eigenvalue weighted by atomic mass is 16.5. The lowest BCUT2D eigenvalue weighted by molar-refractivity contribution is -0.122. The van der Waals surface area contributed by atoms with E-state index in [1.165, 1.54) is 6.33 Å². The Balaban J connectivity index is 1.19. The molecule has 0 saturated carbocycles. The van der Waals surface area contributed by atoms with E-state index in [0.717, 1.165) is 5.69 Å². The van der Waals surface area contributed by atoms with Gasteiger partial charge in [-0.05, 0) is 54.6 Å². The molecule has 1 N–H and O–H groups in total. The van der Waals surface area contributed by atoms with Gasteiger partial charge < -0.3 is 19.7 Å². The average molecular weight is 470 g/mol. The van der Waals surface area contributed by atoms with Crippen LogP contribution in [-0.4, -0.2) is 45.2 Å². The molecule has 35 heavy (non-hydrogen) atoms. The van der Waals surface area contributed by atoms with Gasteiger partial charge in [-0.1, -0.05) is 0 Å². The van der Waals surface area contributed by atoms with Crippen molar-refractivity contribution in [1.29, 1.82) is 0 Å². The number of nitrogens with one attached hydrogen (secondary N) is 1. The molecule has 5 rings (SSSR count). The Morgan fingerprint density at radius 2 is 1.83 bits per heavy atom. The van der Waals surface area contributed by atoms with E-state index in [4.69, 9.17) is 9.47 Å². The number of ether oxygens (including phenoxy) is 2. The van der Waals surface area contributed by atoms with Crippen LogP contribution in [0, 0.1) is 5.92 Å². The molecule has 1 saturated heterocycles. The highest BCUT2D eigenvalue weighted by Crippen LogP contribution is 2.28. The summed E-state index contributed by atoms with van der Waals surface area (Å²) in [5, 5.41) is 7.02. The van der Waals surface area contributed by atoms with Crippen molar-refractivity contribution in [2.45, 2.75) is 6.42 Å². The number of rotatable bonds is 7. The monoisotopic (exact) mass is 470 g/mol. The number of hydrogen-bond donors (Lipinski definition) is 1. The van der Waals surface area contributed by atoms with E-state index in [-0.39, 0.29) is 18.2 Å². The Labute approximate surface area is 201 Å². The largest absolute Gasteiger partial charge is 0.497 e. The van der Waals surface area contributed by atoms with Crippen LogP contribution in [0.25, 0.3) is 5.82 Å². The fraction of sp³-hybridized carbons (Fsp3) is 0.160. The lowest BCUT2D eigenvalue weighted by atomic mass is 10.1. The van der Waals surface area contributed by atoms with Crippen molar-refractivity contribution in [2.24, 2.45) is 5.92 Å². The van der Waals surface area contributed by atoms with Gasteiger partial charge in [0.15, 0.2) is 5.82 Å².